The summed E-state index contributed by atoms with van der Waals surface area (Å²) in [6.07, 6.45) is 1.66. The van der Waals surface area contributed by atoms with Crippen molar-refractivity contribution in [3.63, 3.8) is 0 Å². The lowest BCUT2D eigenvalue weighted by atomic mass is 10.2. The van der Waals surface area contributed by atoms with E-state index in [0.717, 1.165) is 15.8 Å². The summed E-state index contributed by atoms with van der Waals surface area (Å²) in [7, 11) is 0. The molecule has 3 nitrogen and oxygen atoms in total. The highest BCUT2D eigenvalue weighted by Crippen LogP contribution is 2.30. The maximum atomic E-state index is 10.8. The van der Waals surface area contributed by atoms with Crippen molar-refractivity contribution in [3.05, 3.63) is 35.5 Å². The van der Waals surface area contributed by atoms with Crippen LogP contribution in [0, 0.1) is 0 Å². The van der Waals surface area contributed by atoms with Crippen LogP contribution < -0.4 is 0 Å². The number of nitrogens with zero attached hydrogens (tertiary/aromatic N) is 1. The molecule has 0 bridgehead atoms. The van der Waals surface area contributed by atoms with Gasteiger partial charge in [0.05, 0.1) is 5.52 Å². The first kappa shape index (κ1) is 12.2. The quantitative estimate of drug-likeness (QED) is 0.866. The average molecular weight is 268 g/mol. The maximum absolute atomic E-state index is 10.8. The van der Waals surface area contributed by atoms with Crippen molar-refractivity contribution in [1.29, 1.82) is 0 Å². The molecule has 0 aliphatic carbocycles. The fourth-order valence-corrected chi connectivity index (χ4v) is 2.53. The van der Waals surface area contributed by atoms with Crippen molar-refractivity contribution in [2.24, 2.45) is 0 Å². The minimum Gasteiger partial charge on any atom is -0.480 e. The van der Waals surface area contributed by atoms with Crippen molar-refractivity contribution in [3.8, 4) is 0 Å². The van der Waals surface area contributed by atoms with Gasteiger partial charge in [0, 0.05) is 21.5 Å². The fraction of sp³-hybridized carbons (Fsp3) is 0.167. The van der Waals surface area contributed by atoms with Crippen LogP contribution >= 0.6 is 23.4 Å². The molecule has 0 spiro atoms. The average Bonchev–Trinajstić information content (AvgIpc) is 2.28. The molecule has 2 aromatic rings. The van der Waals surface area contributed by atoms with Crippen molar-refractivity contribution in [1.82, 2.24) is 4.98 Å². The highest BCUT2D eigenvalue weighted by Gasteiger charge is 2.14. The van der Waals surface area contributed by atoms with Crippen LogP contribution in [0.15, 0.2) is 35.4 Å². The largest absolute Gasteiger partial charge is 0.480 e. The third kappa shape index (κ3) is 2.70. The highest BCUT2D eigenvalue weighted by atomic mass is 35.5. The molecule has 1 N–H and O–H groups in total. The van der Waals surface area contributed by atoms with E-state index >= 15 is 0 Å². The lowest BCUT2D eigenvalue weighted by Crippen LogP contribution is -2.11. The van der Waals surface area contributed by atoms with Crippen molar-refractivity contribution < 1.29 is 9.90 Å². The number of aromatic nitrogens is 1. The first-order valence-electron chi connectivity index (χ1n) is 5.01. The lowest BCUT2D eigenvalue weighted by molar-refractivity contribution is -0.136. The minimum absolute atomic E-state index is 0.490. The van der Waals surface area contributed by atoms with Gasteiger partial charge in [0.25, 0.3) is 0 Å². The molecule has 1 atom stereocenters. The maximum Gasteiger partial charge on any atom is 0.316 e. The monoisotopic (exact) mass is 267 g/mol. The molecule has 0 aliphatic heterocycles. The van der Waals surface area contributed by atoms with Crippen LogP contribution in [0.5, 0.6) is 0 Å². The van der Waals surface area contributed by atoms with Crippen LogP contribution in [0.1, 0.15) is 6.92 Å². The van der Waals surface area contributed by atoms with Gasteiger partial charge in [-0.2, -0.15) is 0 Å². The Morgan fingerprint density at radius 2 is 2.24 bits per heavy atom. The van der Waals surface area contributed by atoms with Gasteiger partial charge in [-0.05, 0) is 25.1 Å². The first-order valence-corrected chi connectivity index (χ1v) is 6.27. The zero-order valence-corrected chi connectivity index (χ0v) is 10.6. The van der Waals surface area contributed by atoms with E-state index in [-0.39, 0.29) is 0 Å². The van der Waals surface area contributed by atoms with Gasteiger partial charge in [-0.15, -0.1) is 11.8 Å². The molecule has 1 aromatic heterocycles. The third-order valence-electron chi connectivity index (χ3n) is 2.32. The van der Waals surface area contributed by atoms with E-state index in [2.05, 4.69) is 4.98 Å². The number of carbonyl (C=O) groups is 1. The number of rotatable bonds is 3. The zero-order chi connectivity index (χ0) is 12.4. The molecule has 0 saturated heterocycles. The van der Waals surface area contributed by atoms with Gasteiger partial charge in [0.15, 0.2) is 0 Å². The van der Waals surface area contributed by atoms with E-state index in [1.807, 2.05) is 12.1 Å². The molecule has 0 saturated carbocycles. The van der Waals surface area contributed by atoms with E-state index in [4.69, 9.17) is 16.7 Å². The molecule has 0 radical (unpaired) electrons. The smallest absolute Gasteiger partial charge is 0.316 e. The number of pyridine rings is 1. The van der Waals surface area contributed by atoms with Crippen molar-refractivity contribution in [2.45, 2.75) is 17.1 Å². The van der Waals surface area contributed by atoms with Crippen LogP contribution in [0.3, 0.4) is 0 Å². The zero-order valence-electron chi connectivity index (χ0n) is 9.05. The number of carboxylic acids is 1. The normalized spacial score (nSPS) is 12.6. The molecular weight excluding hydrogens is 258 g/mol. The summed E-state index contributed by atoms with van der Waals surface area (Å²) in [6, 6.07) is 7.23. The van der Waals surface area contributed by atoms with Crippen LogP contribution in [0.2, 0.25) is 5.02 Å². The Kier molecular flexibility index (Phi) is 3.54. The summed E-state index contributed by atoms with van der Waals surface area (Å²) < 4.78 is 0. The second kappa shape index (κ2) is 4.94. The summed E-state index contributed by atoms with van der Waals surface area (Å²) in [5, 5.41) is 9.96. The molecule has 17 heavy (non-hydrogen) atoms. The Labute approximate surface area is 108 Å². The van der Waals surface area contributed by atoms with Crippen LogP contribution in [0.25, 0.3) is 10.9 Å². The molecule has 0 amide bonds. The summed E-state index contributed by atoms with van der Waals surface area (Å²) in [5.74, 6) is -0.825. The highest BCUT2D eigenvalue weighted by molar-refractivity contribution is 8.00. The van der Waals surface area contributed by atoms with Gasteiger partial charge < -0.3 is 5.11 Å². The van der Waals surface area contributed by atoms with E-state index < -0.39 is 11.2 Å². The number of hydrogen-bond donors (Lipinski definition) is 1. The molecule has 1 heterocycles. The summed E-state index contributed by atoms with van der Waals surface area (Å²) in [6.45, 7) is 1.66. The van der Waals surface area contributed by atoms with Gasteiger partial charge in [-0.3, -0.25) is 9.78 Å². The summed E-state index contributed by atoms with van der Waals surface area (Å²) in [4.78, 5) is 16.0. The Morgan fingerprint density at radius 1 is 1.47 bits per heavy atom. The van der Waals surface area contributed by atoms with Gasteiger partial charge in [0.2, 0.25) is 0 Å². The molecule has 2 rings (SSSR count). The third-order valence-corrected chi connectivity index (χ3v) is 3.72. The second-order valence-electron chi connectivity index (χ2n) is 3.57. The standard InChI is InChI=1S/C12H10ClNO2S/c1-7(12(15)16)17-11-4-5-14-10-6-8(13)2-3-9(10)11/h2-7H,1H3,(H,15,16). The van der Waals surface area contributed by atoms with Crippen LogP contribution in [-0.4, -0.2) is 21.3 Å². The van der Waals surface area contributed by atoms with Crippen LogP contribution in [0.4, 0.5) is 0 Å². The lowest BCUT2D eigenvalue weighted by Gasteiger charge is -2.08. The Bertz CT molecular complexity index is 573. The SMILES string of the molecule is CC(Sc1ccnc2cc(Cl)ccc12)C(=O)O. The van der Waals surface area contributed by atoms with Crippen LogP contribution in [-0.2, 0) is 4.79 Å². The molecular formula is C12H10ClNO2S. The van der Waals surface area contributed by atoms with Gasteiger partial charge in [0.1, 0.15) is 5.25 Å². The number of fused-ring (bicyclic) bond motifs is 1. The van der Waals surface area contributed by atoms with Gasteiger partial charge >= 0.3 is 5.97 Å². The van der Waals surface area contributed by atoms with E-state index in [1.54, 1.807) is 25.3 Å². The summed E-state index contributed by atoms with van der Waals surface area (Å²) >= 11 is 7.19. The molecule has 1 unspecified atom stereocenters. The van der Waals surface area contributed by atoms with Crippen molar-refractivity contribution >= 4 is 40.2 Å². The fourth-order valence-electron chi connectivity index (χ4n) is 1.44. The predicted molar refractivity (Wildman–Crippen MR) is 69.7 cm³/mol. The molecule has 0 aliphatic rings. The number of thioether (sulfide) groups is 1. The first-order chi connectivity index (χ1) is 8.08. The summed E-state index contributed by atoms with van der Waals surface area (Å²) in [5.41, 5.74) is 0.778. The molecule has 88 valence electrons. The Balaban J connectivity index is 2.44. The second-order valence-corrected chi connectivity index (χ2v) is 5.39. The topological polar surface area (TPSA) is 50.2 Å². The Hall–Kier alpha value is -1.26. The van der Waals surface area contributed by atoms with E-state index in [0.29, 0.717) is 5.02 Å². The Morgan fingerprint density at radius 3 is 2.94 bits per heavy atom. The number of halogens is 1. The number of benzene rings is 1. The number of aliphatic carboxylic acids is 1. The molecule has 5 heteroatoms. The molecule has 0 fully saturated rings. The van der Waals surface area contributed by atoms with E-state index in [1.165, 1.54) is 11.8 Å². The number of hydrogen-bond acceptors (Lipinski definition) is 3. The van der Waals surface area contributed by atoms with Gasteiger partial charge in [-0.1, -0.05) is 17.7 Å². The minimum atomic E-state index is -0.825. The van der Waals surface area contributed by atoms with Crippen molar-refractivity contribution in [2.75, 3.05) is 0 Å². The number of carboxylic acid groups (broad SMARTS) is 1. The molecule has 1 aromatic carbocycles. The predicted octanol–water partition coefficient (Wildman–Crippen LogP) is 3.45. The van der Waals surface area contributed by atoms with E-state index in [9.17, 15) is 4.79 Å². The van der Waals surface area contributed by atoms with Gasteiger partial charge in [-0.25, -0.2) is 0 Å².